The summed E-state index contributed by atoms with van der Waals surface area (Å²) in [4.78, 5) is 28.3. The van der Waals surface area contributed by atoms with Crippen LogP contribution >= 0.6 is 11.6 Å². The first-order valence-electron chi connectivity index (χ1n) is 8.18. The minimum absolute atomic E-state index is 0.00959. The van der Waals surface area contributed by atoms with Gasteiger partial charge in [-0.2, -0.15) is 0 Å². The summed E-state index contributed by atoms with van der Waals surface area (Å²) in [6.07, 6.45) is 3.07. The lowest BCUT2D eigenvalue weighted by atomic mass is 10.0. The third kappa shape index (κ3) is 4.03. The SMILES string of the molecule is O=C1CN(C(=O)C2CCCCN2)CCN1Cc1ccc(Cl)cc1. The number of piperidine rings is 1. The van der Waals surface area contributed by atoms with Gasteiger partial charge in [-0.1, -0.05) is 30.2 Å². The Balaban J connectivity index is 1.55. The number of nitrogens with zero attached hydrogens (tertiary/aromatic N) is 2. The van der Waals surface area contributed by atoms with Crippen molar-refractivity contribution in [2.75, 3.05) is 26.2 Å². The zero-order valence-electron chi connectivity index (χ0n) is 13.1. The van der Waals surface area contributed by atoms with Crippen molar-refractivity contribution in [3.05, 3.63) is 34.9 Å². The highest BCUT2D eigenvalue weighted by atomic mass is 35.5. The quantitative estimate of drug-likeness (QED) is 0.914. The van der Waals surface area contributed by atoms with Gasteiger partial charge in [-0.15, -0.1) is 0 Å². The molecule has 2 aliphatic heterocycles. The van der Waals surface area contributed by atoms with Crippen molar-refractivity contribution in [1.82, 2.24) is 15.1 Å². The van der Waals surface area contributed by atoms with Crippen LogP contribution in [0.25, 0.3) is 0 Å². The first-order valence-corrected chi connectivity index (χ1v) is 8.55. The van der Waals surface area contributed by atoms with Gasteiger partial charge in [0.15, 0.2) is 0 Å². The highest BCUT2D eigenvalue weighted by molar-refractivity contribution is 6.30. The number of halogens is 1. The van der Waals surface area contributed by atoms with Crippen LogP contribution in [0.4, 0.5) is 0 Å². The van der Waals surface area contributed by atoms with E-state index in [2.05, 4.69) is 5.32 Å². The molecule has 2 amide bonds. The van der Waals surface area contributed by atoms with E-state index in [0.29, 0.717) is 24.7 Å². The molecular formula is C17H22ClN3O2. The van der Waals surface area contributed by atoms with Gasteiger partial charge in [-0.25, -0.2) is 0 Å². The predicted octanol–water partition coefficient (Wildman–Crippen LogP) is 1.65. The molecular weight excluding hydrogens is 314 g/mol. The normalized spacial score (nSPS) is 22.3. The number of piperazine rings is 1. The van der Waals surface area contributed by atoms with Gasteiger partial charge in [0.05, 0.1) is 12.6 Å². The number of carbonyl (C=O) groups excluding carboxylic acids is 2. The van der Waals surface area contributed by atoms with Gasteiger partial charge in [-0.05, 0) is 37.1 Å². The second kappa shape index (κ2) is 7.32. The average Bonchev–Trinajstić information content (AvgIpc) is 2.59. The molecule has 2 saturated heterocycles. The van der Waals surface area contributed by atoms with E-state index in [0.717, 1.165) is 31.4 Å². The van der Waals surface area contributed by atoms with E-state index >= 15 is 0 Å². The molecule has 0 radical (unpaired) electrons. The van der Waals surface area contributed by atoms with Gasteiger partial charge in [0.1, 0.15) is 0 Å². The Hall–Kier alpha value is -1.59. The number of rotatable bonds is 3. The van der Waals surface area contributed by atoms with Crippen molar-refractivity contribution >= 4 is 23.4 Å². The van der Waals surface area contributed by atoms with E-state index in [1.165, 1.54) is 0 Å². The van der Waals surface area contributed by atoms with Crippen LogP contribution in [0, 0.1) is 0 Å². The monoisotopic (exact) mass is 335 g/mol. The van der Waals surface area contributed by atoms with Crippen LogP contribution in [0.1, 0.15) is 24.8 Å². The van der Waals surface area contributed by atoms with E-state index in [1.54, 1.807) is 9.80 Å². The Morgan fingerprint density at radius 2 is 2.00 bits per heavy atom. The average molecular weight is 336 g/mol. The molecule has 1 N–H and O–H groups in total. The molecule has 0 saturated carbocycles. The standard InChI is InChI=1S/C17H22ClN3O2/c18-14-6-4-13(5-7-14)11-20-9-10-21(12-16(20)22)17(23)15-3-1-2-8-19-15/h4-7,15,19H,1-3,8-12H2. The van der Waals surface area contributed by atoms with E-state index < -0.39 is 0 Å². The van der Waals surface area contributed by atoms with Gasteiger partial charge in [0.2, 0.25) is 11.8 Å². The number of carbonyl (C=O) groups is 2. The molecule has 124 valence electrons. The van der Waals surface area contributed by atoms with Crippen LogP contribution < -0.4 is 5.32 Å². The van der Waals surface area contributed by atoms with Crippen molar-refractivity contribution < 1.29 is 9.59 Å². The number of hydrogen-bond acceptors (Lipinski definition) is 3. The van der Waals surface area contributed by atoms with Gasteiger partial charge in [0.25, 0.3) is 0 Å². The first-order chi connectivity index (χ1) is 11.1. The minimum Gasteiger partial charge on any atom is -0.335 e. The Morgan fingerprint density at radius 1 is 1.22 bits per heavy atom. The Labute approximate surface area is 141 Å². The lowest BCUT2D eigenvalue weighted by Gasteiger charge is -2.37. The molecule has 2 aliphatic rings. The van der Waals surface area contributed by atoms with Crippen LogP contribution in [0.2, 0.25) is 5.02 Å². The summed E-state index contributed by atoms with van der Waals surface area (Å²) < 4.78 is 0. The number of nitrogens with one attached hydrogen (secondary N) is 1. The molecule has 5 nitrogen and oxygen atoms in total. The molecule has 0 aromatic heterocycles. The highest BCUT2D eigenvalue weighted by Crippen LogP contribution is 2.15. The van der Waals surface area contributed by atoms with Crippen LogP contribution in [-0.4, -0.2) is 53.8 Å². The summed E-state index contributed by atoms with van der Waals surface area (Å²) >= 11 is 5.88. The topological polar surface area (TPSA) is 52.7 Å². The van der Waals surface area contributed by atoms with Crippen molar-refractivity contribution in [2.24, 2.45) is 0 Å². The molecule has 2 heterocycles. The summed E-state index contributed by atoms with van der Waals surface area (Å²) in [5.41, 5.74) is 1.05. The summed E-state index contributed by atoms with van der Waals surface area (Å²) in [5, 5.41) is 3.95. The van der Waals surface area contributed by atoms with Gasteiger partial charge >= 0.3 is 0 Å². The van der Waals surface area contributed by atoms with Crippen molar-refractivity contribution in [3.8, 4) is 0 Å². The fourth-order valence-corrected chi connectivity index (χ4v) is 3.28. The molecule has 0 aliphatic carbocycles. The molecule has 23 heavy (non-hydrogen) atoms. The number of benzene rings is 1. The molecule has 2 fully saturated rings. The fourth-order valence-electron chi connectivity index (χ4n) is 3.16. The van der Waals surface area contributed by atoms with Gasteiger partial charge in [0, 0.05) is 24.7 Å². The summed E-state index contributed by atoms with van der Waals surface area (Å²) in [6.45, 7) is 2.83. The number of amides is 2. The second-order valence-electron chi connectivity index (χ2n) is 6.20. The van der Waals surface area contributed by atoms with Crippen LogP contribution in [0.15, 0.2) is 24.3 Å². The fraction of sp³-hybridized carbons (Fsp3) is 0.529. The largest absolute Gasteiger partial charge is 0.335 e. The molecule has 1 atom stereocenters. The third-order valence-corrected chi connectivity index (χ3v) is 4.78. The smallest absolute Gasteiger partial charge is 0.242 e. The molecule has 0 spiro atoms. The number of hydrogen-bond donors (Lipinski definition) is 1. The van der Waals surface area contributed by atoms with Crippen molar-refractivity contribution in [3.63, 3.8) is 0 Å². The maximum absolute atomic E-state index is 12.5. The predicted molar refractivity (Wildman–Crippen MR) is 89.1 cm³/mol. The summed E-state index contributed by atoms with van der Waals surface area (Å²) in [5.74, 6) is 0.0829. The molecule has 1 aromatic carbocycles. The highest BCUT2D eigenvalue weighted by Gasteiger charge is 2.31. The van der Waals surface area contributed by atoms with Gasteiger partial charge < -0.3 is 15.1 Å². The molecule has 6 heteroatoms. The third-order valence-electron chi connectivity index (χ3n) is 4.53. The molecule has 0 bridgehead atoms. The first kappa shape index (κ1) is 16.3. The van der Waals surface area contributed by atoms with Crippen LogP contribution in [-0.2, 0) is 16.1 Å². The van der Waals surface area contributed by atoms with Crippen molar-refractivity contribution in [2.45, 2.75) is 31.8 Å². The maximum Gasteiger partial charge on any atom is 0.242 e. The molecule has 1 aromatic rings. The Kier molecular flexibility index (Phi) is 5.18. The Morgan fingerprint density at radius 3 is 2.65 bits per heavy atom. The van der Waals surface area contributed by atoms with Gasteiger partial charge in [-0.3, -0.25) is 9.59 Å². The van der Waals surface area contributed by atoms with E-state index in [-0.39, 0.29) is 24.4 Å². The van der Waals surface area contributed by atoms with Crippen LogP contribution in [0.3, 0.4) is 0 Å². The zero-order chi connectivity index (χ0) is 16.2. The summed E-state index contributed by atoms with van der Waals surface area (Å²) in [7, 11) is 0. The maximum atomic E-state index is 12.5. The van der Waals surface area contributed by atoms with Crippen LogP contribution in [0.5, 0.6) is 0 Å². The lowest BCUT2D eigenvalue weighted by Crippen LogP contribution is -2.56. The van der Waals surface area contributed by atoms with E-state index in [9.17, 15) is 9.59 Å². The molecule has 3 rings (SSSR count). The van der Waals surface area contributed by atoms with E-state index in [4.69, 9.17) is 11.6 Å². The zero-order valence-corrected chi connectivity index (χ0v) is 13.9. The minimum atomic E-state index is -0.112. The van der Waals surface area contributed by atoms with Crippen molar-refractivity contribution in [1.29, 1.82) is 0 Å². The van der Waals surface area contributed by atoms with E-state index in [1.807, 2.05) is 24.3 Å². The lowest BCUT2D eigenvalue weighted by molar-refractivity contribution is -0.147. The summed E-state index contributed by atoms with van der Waals surface area (Å²) in [6, 6.07) is 7.41. The second-order valence-corrected chi connectivity index (χ2v) is 6.64. The molecule has 1 unspecified atom stereocenters. The Bertz CT molecular complexity index is 570.